The van der Waals surface area contributed by atoms with Crippen LogP contribution >= 0.6 is 0 Å². The van der Waals surface area contributed by atoms with Crippen molar-refractivity contribution >= 4 is 0 Å². The summed E-state index contributed by atoms with van der Waals surface area (Å²) >= 11 is 0. The number of aliphatic hydroxyl groups excluding tert-OH is 1. The van der Waals surface area contributed by atoms with Gasteiger partial charge >= 0.3 is 0 Å². The molecule has 0 radical (unpaired) electrons. The monoisotopic (exact) mass is 275 g/mol. The second kappa shape index (κ2) is 5.40. The lowest BCUT2D eigenvalue weighted by Gasteiger charge is -2.05. The highest BCUT2D eigenvalue weighted by molar-refractivity contribution is 5.28. The predicted molar refractivity (Wildman–Crippen MR) is 74.4 cm³/mol. The van der Waals surface area contributed by atoms with Crippen LogP contribution in [0.3, 0.4) is 0 Å². The van der Waals surface area contributed by atoms with Crippen LogP contribution in [0, 0.1) is 0 Å². The van der Waals surface area contributed by atoms with Gasteiger partial charge in [-0.3, -0.25) is 0 Å². The minimum Gasteiger partial charge on any atom is -0.388 e. The van der Waals surface area contributed by atoms with Crippen molar-refractivity contribution in [2.45, 2.75) is 58.1 Å². The highest BCUT2D eigenvalue weighted by atomic mass is 16.5. The Morgan fingerprint density at radius 3 is 3.00 bits per heavy atom. The summed E-state index contributed by atoms with van der Waals surface area (Å²) in [5.41, 5.74) is 2.32. The Hall–Kier alpha value is -1.62. The van der Waals surface area contributed by atoms with E-state index >= 15 is 0 Å². The van der Waals surface area contributed by atoms with Gasteiger partial charge in [0.05, 0.1) is 12.6 Å². The second-order valence-electron chi connectivity index (χ2n) is 5.88. The van der Waals surface area contributed by atoms with E-state index in [4.69, 9.17) is 4.52 Å². The number of fused-ring (bicyclic) bond motifs is 1. The van der Waals surface area contributed by atoms with Gasteiger partial charge in [-0.2, -0.15) is 4.98 Å². The molecule has 1 atom stereocenters. The van der Waals surface area contributed by atoms with E-state index < -0.39 is 0 Å². The summed E-state index contributed by atoms with van der Waals surface area (Å²) in [5, 5.41) is 14.1. The van der Waals surface area contributed by atoms with E-state index in [0.29, 0.717) is 18.3 Å². The lowest BCUT2D eigenvalue weighted by atomic mass is 10.1. The Kier molecular flexibility index (Phi) is 3.61. The van der Waals surface area contributed by atoms with Crippen LogP contribution in [0.1, 0.15) is 68.0 Å². The van der Waals surface area contributed by atoms with Crippen LogP contribution in [0.2, 0.25) is 0 Å². The SMILES string of the molecule is CC(C)c1nc(Cn2cc3c(c2)C(O)CCCC3)no1. The molecule has 1 aliphatic carbocycles. The first kappa shape index (κ1) is 13.4. The first-order valence-electron chi connectivity index (χ1n) is 7.32. The minimum atomic E-state index is -0.328. The van der Waals surface area contributed by atoms with Crippen molar-refractivity contribution in [3.05, 3.63) is 35.2 Å². The highest BCUT2D eigenvalue weighted by Gasteiger charge is 2.19. The Bertz CT molecular complexity index is 586. The molecule has 1 N–H and O–H groups in total. The summed E-state index contributed by atoms with van der Waals surface area (Å²) < 4.78 is 7.27. The Balaban J connectivity index is 1.79. The molecule has 2 heterocycles. The van der Waals surface area contributed by atoms with E-state index in [1.807, 2.05) is 24.6 Å². The predicted octanol–water partition coefficient (Wildman–Crippen LogP) is 2.80. The average Bonchev–Trinajstić information content (AvgIpc) is 2.99. The van der Waals surface area contributed by atoms with Crippen molar-refractivity contribution in [1.82, 2.24) is 14.7 Å². The molecular formula is C15H21N3O2. The summed E-state index contributed by atoms with van der Waals surface area (Å²) in [6.07, 6.45) is 7.95. The van der Waals surface area contributed by atoms with Gasteiger partial charge < -0.3 is 14.2 Å². The molecule has 1 aliphatic rings. The third kappa shape index (κ3) is 2.63. The van der Waals surface area contributed by atoms with Crippen LogP contribution < -0.4 is 0 Å². The number of hydrogen-bond acceptors (Lipinski definition) is 4. The van der Waals surface area contributed by atoms with Gasteiger partial charge in [-0.15, -0.1) is 0 Å². The van der Waals surface area contributed by atoms with Gasteiger partial charge in [0.1, 0.15) is 0 Å². The van der Waals surface area contributed by atoms with Crippen LogP contribution in [0.25, 0.3) is 0 Å². The van der Waals surface area contributed by atoms with E-state index in [2.05, 4.69) is 16.3 Å². The zero-order valence-corrected chi connectivity index (χ0v) is 12.0. The number of aliphatic hydroxyl groups is 1. The molecule has 5 nitrogen and oxygen atoms in total. The van der Waals surface area contributed by atoms with E-state index in [9.17, 15) is 5.11 Å². The third-order valence-electron chi connectivity index (χ3n) is 3.83. The largest absolute Gasteiger partial charge is 0.388 e. The van der Waals surface area contributed by atoms with E-state index in [0.717, 1.165) is 31.2 Å². The normalized spacial score (nSPS) is 19.1. The van der Waals surface area contributed by atoms with Crippen LogP contribution in [-0.2, 0) is 13.0 Å². The fraction of sp³-hybridized carbons (Fsp3) is 0.600. The number of nitrogens with zero attached hydrogens (tertiary/aromatic N) is 3. The first-order valence-corrected chi connectivity index (χ1v) is 7.32. The third-order valence-corrected chi connectivity index (χ3v) is 3.83. The molecule has 108 valence electrons. The number of rotatable bonds is 3. The topological polar surface area (TPSA) is 64.1 Å². The maximum atomic E-state index is 10.1. The van der Waals surface area contributed by atoms with Crippen LogP contribution in [-0.4, -0.2) is 19.8 Å². The molecule has 0 aliphatic heterocycles. The summed E-state index contributed by atoms with van der Waals surface area (Å²) in [6.45, 7) is 4.66. The summed E-state index contributed by atoms with van der Waals surface area (Å²) in [5.74, 6) is 1.61. The summed E-state index contributed by atoms with van der Waals surface area (Å²) in [7, 11) is 0. The molecule has 0 aromatic carbocycles. The van der Waals surface area contributed by atoms with Crippen molar-refractivity contribution in [2.24, 2.45) is 0 Å². The molecule has 3 rings (SSSR count). The lowest BCUT2D eigenvalue weighted by molar-refractivity contribution is 0.166. The minimum absolute atomic E-state index is 0.249. The lowest BCUT2D eigenvalue weighted by Crippen LogP contribution is -2.00. The van der Waals surface area contributed by atoms with Gasteiger partial charge in [-0.05, 0) is 24.8 Å². The quantitative estimate of drug-likeness (QED) is 0.875. The molecule has 5 heteroatoms. The van der Waals surface area contributed by atoms with E-state index in [1.165, 1.54) is 5.56 Å². The van der Waals surface area contributed by atoms with Gasteiger partial charge in [-0.1, -0.05) is 25.4 Å². The van der Waals surface area contributed by atoms with Gasteiger partial charge in [0.2, 0.25) is 5.89 Å². The highest BCUT2D eigenvalue weighted by Crippen LogP contribution is 2.29. The van der Waals surface area contributed by atoms with Crippen molar-refractivity contribution in [3.63, 3.8) is 0 Å². The standard InChI is InChI=1S/C15H21N3O2/c1-10(2)15-16-14(17-20-15)9-18-7-11-5-3-4-6-13(19)12(11)8-18/h7-8,10,13,19H,3-6,9H2,1-2H3. The zero-order chi connectivity index (χ0) is 14.1. The molecule has 0 fully saturated rings. The van der Waals surface area contributed by atoms with E-state index in [1.54, 1.807) is 0 Å². The van der Waals surface area contributed by atoms with Gasteiger partial charge in [-0.25, -0.2) is 0 Å². The molecular weight excluding hydrogens is 254 g/mol. The Morgan fingerprint density at radius 2 is 2.25 bits per heavy atom. The van der Waals surface area contributed by atoms with Crippen molar-refractivity contribution in [3.8, 4) is 0 Å². The van der Waals surface area contributed by atoms with Crippen LogP contribution in [0.5, 0.6) is 0 Å². The van der Waals surface area contributed by atoms with Crippen molar-refractivity contribution in [2.75, 3.05) is 0 Å². The van der Waals surface area contributed by atoms with Crippen molar-refractivity contribution in [1.29, 1.82) is 0 Å². The van der Waals surface area contributed by atoms with Crippen molar-refractivity contribution < 1.29 is 9.63 Å². The molecule has 0 bridgehead atoms. The molecule has 2 aromatic heterocycles. The second-order valence-corrected chi connectivity index (χ2v) is 5.88. The summed E-state index contributed by atoms with van der Waals surface area (Å²) in [4.78, 5) is 4.39. The smallest absolute Gasteiger partial charge is 0.229 e. The zero-order valence-electron chi connectivity index (χ0n) is 12.0. The molecule has 1 unspecified atom stereocenters. The molecule has 2 aromatic rings. The first-order chi connectivity index (χ1) is 9.63. The molecule has 0 amide bonds. The average molecular weight is 275 g/mol. The maximum absolute atomic E-state index is 10.1. The maximum Gasteiger partial charge on any atom is 0.229 e. The van der Waals surface area contributed by atoms with Gasteiger partial charge in [0, 0.05) is 23.9 Å². The molecule has 0 spiro atoms. The summed E-state index contributed by atoms with van der Waals surface area (Å²) in [6, 6.07) is 0. The molecule has 0 saturated carbocycles. The van der Waals surface area contributed by atoms with Crippen LogP contribution in [0.4, 0.5) is 0 Å². The van der Waals surface area contributed by atoms with Crippen LogP contribution in [0.15, 0.2) is 16.9 Å². The fourth-order valence-electron chi connectivity index (χ4n) is 2.71. The molecule has 0 saturated heterocycles. The number of aromatic nitrogens is 3. The Labute approximate surface area is 118 Å². The Morgan fingerprint density at radius 1 is 1.40 bits per heavy atom. The fourth-order valence-corrected chi connectivity index (χ4v) is 2.71. The number of hydrogen-bond donors (Lipinski definition) is 1. The van der Waals surface area contributed by atoms with Gasteiger partial charge in [0.25, 0.3) is 0 Å². The molecule has 20 heavy (non-hydrogen) atoms. The number of aryl methyl sites for hydroxylation is 1. The van der Waals surface area contributed by atoms with E-state index in [-0.39, 0.29) is 12.0 Å². The van der Waals surface area contributed by atoms with Gasteiger partial charge in [0.15, 0.2) is 5.82 Å².